The molecule has 0 aromatic heterocycles. The molecule has 0 N–H and O–H groups in total. The van der Waals surface area contributed by atoms with Crippen molar-refractivity contribution in [2.45, 2.75) is 33.1 Å². The summed E-state index contributed by atoms with van der Waals surface area (Å²) >= 11 is 0. The van der Waals surface area contributed by atoms with Crippen LogP contribution in [0.2, 0.25) is 0 Å². The lowest BCUT2D eigenvalue weighted by molar-refractivity contribution is -0.115. The molecule has 0 aromatic carbocycles. The van der Waals surface area contributed by atoms with Crippen LogP contribution in [-0.2, 0) is 4.79 Å². The van der Waals surface area contributed by atoms with Crippen LogP contribution in [0.4, 0.5) is 0 Å². The minimum absolute atomic E-state index is 0.279. The molecular weight excluding hydrogens is 136 g/mol. The van der Waals surface area contributed by atoms with Crippen molar-refractivity contribution in [3.8, 4) is 0 Å². The van der Waals surface area contributed by atoms with Gasteiger partial charge in [-0.15, -0.1) is 0 Å². The Balaban J connectivity index is 2.98. The van der Waals surface area contributed by atoms with Gasteiger partial charge in [0.2, 0.25) is 0 Å². The summed E-state index contributed by atoms with van der Waals surface area (Å²) in [7, 11) is 0. The van der Waals surface area contributed by atoms with Gasteiger partial charge in [0.15, 0.2) is 5.78 Å². The molecule has 0 bridgehead atoms. The van der Waals surface area contributed by atoms with Crippen molar-refractivity contribution in [1.29, 1.82) is 0 Å². The number of hydrogen-bond acceptors (Lipinski definition) is 1. The molecule has 0 atom stereocenters. The second-order valence-corrected chi connectivity index (χ2v) is 3.26. The molecule has 0 aliphatic heterocycles. The number of hydrogen-bond donors (Lipinski definition) is 0. The average Bonchev–Trinajstić information content (AvgIpc) is 1.85. The third kappa shape index (κ3) is 1.59. The fourth-order valence-corrected chi connectivity index (χ4v) is 1.54. The molecule has 1 nitrogen and oxygen atoms in total. The summed E-state index contributed by atoms with van der Waals surface area (Å²) in [6.45, 7) is 7.84. The van der Waals surface area contributed by atoms with Crippen LogP contribution >= 0.6 is 0 Å². The van der Waals surface area contributed by atoms with Gasteiger partial charge in [-0.2, -0.15) is 0 Å². The fraction of sp³-hybridized carbons (Fsp3) is 0.500. The lowest BCUT2D eigenvalue weighted by Gasteiger charge is -2.16. The molecule has 1 aliphatic rings. The van der Waals surface area contributed by atoms with Crippen LogP contribution in [0, 0.1) is 0 Å². The monoisotopic (exact) mass is 150 g/mol. The second kappa shape index (κ2) is 3.04. The van der Waals surface area contributed by atoms with Crippen molar-refractivity contribution >= 4 is 5.78 Å². The zero-order valence-corrected chi connectivity index (χ0v) is 7.24. The summed E-state index contributed by atoms with van der Waals surface area (Å²) < 4.78 is 0. The summed E-state index contributed by atoms with van der Waals surface area (Å²) in [5.74, 6) is 0.279. The number of allylic oxidation sites excluding steroid dienone is 3. The highest BCUT2D eigenvalue weighted by Gasteiger charge is 2.18. The Morgan fingerprint density at radius 1 is 1.36 bits per heavy atom. The van der Waals surface area contributed by atoms with Gasteiger partial charge < -0.3 is 0 Å². The number of Topliss-reactive ketones (excluding diaryl/α,β-unsaturated/α-hetero) is 1. The van der Waals surface area contributed by atoms with Crippen LogP contribution in [0.5, 0.6) is 0 Å². The van der Waals surface area contributed by atoms with Crippen LogP contribution < -0.4 is 0 Å². The molecule has 0 amide bonds. The van der Waals surface area contributed by atoms with E-state index in [1.165, 1.54) is 0 Å². The first-order chi connectivity index (χ1) is 5.13. The van der Waals surface area contributed by atoms with Crippen molar-refractivity contribution < 1.29 is 4.79 Å². The summed E-state index contributed by atoms with van der Waals surface area (Å²) in [4.78, 5) is 11.3. The molecule has 0 aromatic rings. The molecule has 60 valence electrons. The maximum absolute atomic E-state index is 11.3. The summed E-state index contributed by atoms with van der Waals surface area (Å²) in [5.41, 5.74) is 3.04. The number of rotatable bonds is 0. The van der Waals surface area contributed by atoms with Gasteiger partial charge >= 0.3 is 0 Å². The van der Waals surface area contributed by atoms with E-state index in [0.29, 0.717) is 6.42 Å². The highest BCUT2D eigenvalue weighted by Crippen LogP contribution is 2.26. The largest absolute Gasteiger partial charge is 0.294 e. The van der Waals surface area contributed by atoms with Gasteiger partial charge in [0.1, 0.15) is 0 Å². The Morgan fingerprint density at radius 2 is 2.00 bits per heavy atom. The Kier molecular flexibility index (Phi) is 2.28. The van der Waals surface area contributed by atoms with Crippen molar-refractivity contribution in [2.75, 3.05) is 0 Å². The SMILES string of the molecule is C=C1CCCC(=O)C1=C(C)C. The summed E-state index contributed by atoms with van der Waals surface area (Å²) in [6, 6.07) is 0. The first kappa shape index (κ1) is 8.25. The molecule has 1 aliphatic carbocycles. The van der Waals surface area contributed by atoms with Gasteiger partial charge in [0.05, 0.1) is 0 Å². The van der Waals surface area contributed by atoms with Gasteiger partial charge in [-0.25, -0.2) is 0 Å². The number of ketones is 1. The van der Waals surface area contributed by atoms with E-state index in [1.807, 2.05) is 13.8 Å². The summed E-state index contributed by atoms with van der Waals surface area (Å²) in [6.07, 6.45) is 2.68. The van der Waals surface area contributed by atoms with Crippen molar-refractivity contribution in [3.05, 3.63) is 23.3 Å². The molecule has 11 heavy (non-hydrogen) atoms. The summed E-state index contributed by atoms with van der Waals surface area (Å²) in [5, 5.41) is 0. The van der Waals surface area contributed by atoms with Crippen molar-refractivity contribution in [3.63, 3.8) is 0 Å². The quantitative estimate of drug-likeness (QED) is 0.485. The number of carbonyl (C=O) groups is 1. The van der Waals surface area contributed by atoms with Crippen LogP contribution in [0.15, 0.2) is 23.3 Å². The maximum atomic E-state index is 11.3. The first-order valence-corrected chi connectivity index (χ1v) is 4.01. The Hall–Kier alpha value is -0.850. The minimum Gasteiger partial charge on any atom is -0.294 e. The van der Waals surface area contributed by atoms with E-state index in [2.05, 4.69) is 6.58 Å². The van der Waals surface area contributed by atoms with Gasteiger partial charge in [-0.05, 0) is 32.3 Å². The van der Waals surface area contributed by atoms with Gasteiger partial charge in [0, 0.05) is 12.0 Å². The lowest BCUT2D eigenvalue weighted by Crippen LogP contribution is -2.11. The molecule has 1 rings (SSSR count). The molecule has 0 heterocycles. The molecule has 1 saturated carbocycles. The second-order valence-electron chi connectivity index (χ2n) is 3.26. The molecule has 1 fully saturated rings. The van der Waals surface area contributed by atoms with E-state index >= 15 is 0 Å². The Labute approximate surface area is 67.8 Å². The van der Waals surface area contributed by atoms with Crippen LogP contribution in [0.25, 0.3) is 0 Å². The standard InChI is InChI=1S/C10H14O/c1-7(2)10-8(3)5-4-6-9(10)11/h3-6H2,1-2H3. The van der Waals surface area contributed by atoms with E-state index < -0.39 is 0 Å². The Morgan fingerprint density at radius 3 is 2.36 bits per heavy atom. The van der Waals surface area contributed by atoms with E-state index in [-0.39, 0.29) is 5.78 Å². The molecule has 0 unspecified atom stereocenters. The van der Waals surface area contributed by atoms with Crippen molar-refractivity contribution in [2.24, 2.45) is 0 Å². The van der Waals surface area contributed by atoms with E-state index in [1.54, 1.807) is 0 Å². The van der Waals surface area contributed by atoms with Gasteiger partial charge in [-0.1, -0.05) is 12.2 Å². The third-order valence-electron chi connectivity index (χ3n) is 2.01. The lowest BCUT2D eigenvalue weighted by atomic mass is 9.87. The van der Waals surface area contributed by atoms with Crippen LogP contribution in [0.3, 0.4) is 0 Å². The van der Waals surface area contributed by atoms with Gasteiger partial charge in [0.25, 0.3) is 0 Å². The molecule has 0 spiro atoms. The van der Waals surface area contributed by atoms with E-state index in [9.17, 15) is 4.79 Å². The Bertz CT molecular complexity index is 211. The zero-order chi connectivity index (χ0) is 8.43. The van der Waals surface area contributed by atoms with E-state index in [0.717, 1.165) is 29.6 Å². The topological polar surface area (TPSA) is 17.1 Å². The predicted molar refractivity (Wildman–Crippen MR) is 46.4 cm³/mol. The number of carbonyl (C=O) groups excluding carboxylic acids is 1. The first-order valence-electron chi connectivity index (χ1n) is 4.01. The smallest absolute Gasteiger partial charge is 0.163 e. The van der Waals surface area contributed by atoms with Crippen LogP contribution in [0.1, 0.15) is 33.1 Å². The highest BCUT2D eigenvalue weighted by atomic mass is 16.1. The molecule has 0 saturated heterocycles. The molecule has 0 radical (unpaired) electrons. The fourth-order valence-electron chi connectivity index (χ4n) is 1.54. The third-order valence-corrected chi connectivity index (χ3v) is 2.01. The minimum atomic E-state index is 0.279. The zero-order valence-electron chi connectivity index (χ0n) is 7.24. The predicted octanol–water partition coefficient (Wildman–Crippen LogP) is 2.63. The molecular formula is C10H14O. The van der Waals surface area contributed by atoms with E-state index in [4.69, 9.17) is 0 Å². The van der Waals surface area contributed by atoms with Gasteiger partial charge in [-0.3, -0.25) is 4.79 Å². The highest BCUT2D eigenvalue weighted by molar-refractivity contribution is 6.00. The molecule has 1 heteroatoms. The van der Waals surface area contributed by atoms with Crippen molar-refractivity contribution in [1.82, 2.24) is 0 Å². The van der Waals surface area contributed by atoms with Crippen LogP contribution in [-0.4, -0.2) is 5.78 Å². The average molecular weight is 150 g/mol. The normalized spacial score (nSPS) is 18.9. The maximum Gasteiger partial charge on any atom is 0.163 e.